The molecule has 0 saturated heterocycles. The number of aromatic nitrogens is 2. The molecule has 0 saturated carbocycles. The second-order valence-corrected chi connectivity index (χ2v) is 4.45. The summed E-state index contributed by atoms with van der Waals surface area (Å²) < 4.78 is 9.87. The van der Waals surface area contributed by atoms with E-state index >= 15 is 0 Å². The summed E-state index contributed by atoms with van der Waals surface area (Å²) >= 11 is 13.6. The molecule has 1 heterocycles. The van der Waals surface area contributed by atoms with E-state index in [9.17, 15) is 0 Å². The van der Waals surface area contributed by atoms with Crippen molar-refractivity contribution in [1.82, 2.24) is 9.59 Å². The molecule has 0 fully saturated rings. The molecule has 0 aliphatic carbocycles. The first-order chi connectivity index (χ1) is 7.20. The Hall–Kier alpha value is -0.580. The van der Waals surface area contributed by atoms with Crippen LogP contribution >= 0.6 is 34.7 Å². The van der Waals surface area contributed by atoms with Crippen LogP contribution in [0.25, 0.3) is 10.2 Å². The van der Waals surface area contributed by atoms with Crippen molar-refractivity contribution in [3.05, 3.63) is 15.6 Å². The third-order valence-electron chi connectivity index (χ3n) is 2.19. The van der Waals surface area contributed by atoms with Crippen molar-refractivity contribution >= 4 is 45.0 Å². The van der Waals surface area contributed by atoms with E-state index in [1.54, 1.807) is 7.11 Å². The number of fused-ring (bicyclic) bond motifs is 1. The molecule has 6 heteroatoms. The van der Waals surface area contributed by atoms with Gasteiger partial charge in [0.25, 0.3) is 0 Å². The van der Waals surface area contributed by atoms with Crippen LogP contribution in [0.5, 0.6) is 5.75 Å². The Balaban J connectivity index is 2.90. The molecule has 80 valence electrons. The van der Waals surface area contributed by atoms with Gasteiger partial charge in [0.2, 0.25) is 0 Å². The summed E-state index contributed by atoms with van der Waals surface area (Å²) in [5.41, 5.74) is 1.54. The highest BCUT2D eigenvalue weighted by atomic mass is 35.5. The average Bonchev–Trinajstić information content (AvgIpc) is 2.72. The first kappa shape index (κ1) is 10.9. The number of benzene rings is 1. The minimum atomic E-state index is 0.545. The van der Waals surface area contributed by atoms with E-state index in [1.165, 1.54) is 11.5 Å². The van der Waals surface area contributed by atoms with Gasteiger partial charge in [-0.3, -0.25) is 0 Å². The number of ether oxygens (including phenoxy) is 1. The standard InChI is InChI=1S/C9H8Cl2N2OS/c1-3-4-5(10)7-9(15-13-12-7)6(11)8(4)14-2/h3H2,1-2H3. The normalized spacial score (nSPS) is 10.9. The van der Waals surface area contributed by atoms with Crippen LogP contribution < -0.4 is 4.74 Å². The van der Waals surface area contributed by atoms with Crippen molar-refractivity contribution in [3.63, 3.8) is 0 Å². The predicted molar refractivity (Wildman–Crippen MR) is 63.4 cm³/mol. The number of methoxy groups -OCH3 is 1. The molecule has 0 atom stereocenters. The third-order valence-corrected chi connectivity index (χ3v) is 3.81. The van der Waals surface area contributed by atoms with Gasteiger partial charge in [0.1, 0.15) is 16.3 Å². The van der Waals surface area contributed by atoms with Crippen molar-refractivity contribution in [3.8, 4) is 5.75 Å². The van der Waals surface area contributed by atoms with Crippen LogP contribution in [0.15, 0.2) is 0 Å². The summed E-state index contributed by atoms with van der Waals surface area (Å²) in [6.45, 7) is 1.99. The van der Waals surface area contributed by atoms with E-state index in [2.05, 4.69) is 9.59 Å². The Labute approximate surface area is 101 Å². The number of hydrogen-bond donors (Lipinski definition) is 0. The molecule has 0 aliphatic heterocycles. The lowest BCUT2D eigenvalue weighted by molar-refractivity contribution is 0.411. The lowest BCUT2D eigenvalue weighted by Gasteiger charge is -2.10. The van der Waals surface area contributed by atoms with E-state index in [1.807, 2.05) is 6.92 Å². The van der Waals surface area contributed by atoms with Crippen LogP contribution in [0.3, 0.4) is 0 Å². The van der Waals surface area contributed by atoms with Gasteiger partial charge < -0.3 is 4.74 Å². The molecule has 0 radical (unpaired) electrons. The number of rotatable bonds is 2. The molecular formula is C9H8Cl2N2OS. The van der Waals surface area contributed by atoms with Crippen LogP contribution in [0, 0.1) is 0 Å². The van der Waals surface area contributed by atoms with E-state index < -0.39 is 0 Å². The van der Waals surface area contributed by atoms with Crippen molar-refractivity contribution < 1.29 is 4.74 Å². The lowest BCUT2D eigenvalue weighted by atomic mass is 10.1. The molecule has 1 aromatic heterocycles. The van der Waals surface area contributed by atoms with E-state index in [0.717, 1.165) is 16.7 Å². The fourth-order valence-electron chi connectivity index (χ4n) is 1.49. The third kappa shape index (κ3) is 1.57. The Bertz CT molecular complexity index is 468. The second kappa shape index (κ2) is 4.12. The van der Waals surface area contributed by atoms with Gasteiger partial charge >= 0.3 is 0 Å². The highest BCUT2D eigenvalue weighted by Crippen LogP contribution is 2.42. The number of nitrogens with zero attached hydrogens (tertiary/aromatic N) is 2. The number of halogens is 2. The summed E-state index contributed by atoms with van der Waals surface area (Å²) in [5.74, 6) is 0.628. The van der Waals surface area contributed by atoms with Crippen LogP contribution in [0.1, 0.15) is 12.5 Å². The highest BCUT2D eigenvalue weighted by Gasteiger charge is 2.19. The summed E-state index contributed by atoms with van der Waals surface area (Å²) in [5, 5.41) is 5.09. The van der Waals surface area contributed by atoms with Gasteiger partial charge in [-0.05, 0) is 18.0 Å². The molecule has 0 amide bonds. The molecule has 0 N–H and O–H groups in total. The summed E-state index contributed by atoms with van der Waals surface area (Å²) in [7, 11) is 1.58. The molecule has 2 aromatic rings. The molecule has 0 unspecified atom stereocenters. The van der Waals surface area contributed by atoms with E-state index in [0.29, 0.717) is 21.3 Å². The minimum Gasteiger partial charge on any atom is -0.495 e. The molecule has 3 nitrogen and oxygen atoms in total. The zero-order valence-corrected chi connectivity index (χ0v) is 10.5. The van der Waals surface area contributed by atoms with Gasteiger partial charge in [-0.15, -0.1) is 5.10 Å². The molecule has 0 spiro atoms. The van der Waals surface area contributed by atoms with Gasteiger partial charge in [-0.2, -0.15) is 0 Å². The number of hydrogen-bond acceptors (Lipinski definition) is 4. The fourth-order valence-corrected chi connectivity index (χ4v) is 2.88. The zero-order chi connectivity index (χ0) is 11.0. The lowest BCUT2D eigenvalue weighted by Crippen LogP contribution is -1.93. The fraction of sp³-hybridized carbons (Fsp3) is 0.333. The average molecular weight is 263 g/mol. The summed E-state index contributed by atoms with van der Waals surface area (Å²) in [6, 6.07) is 0. The molecule has 2 rings (SSSR count). The monoisotopic (exact) mass is 262 g/mol. The van der Waals surface area contributed by atoms with Crippen molar-refractivity contribution in [2.75, 3.05) is 7.11 Å². The van der Waals surface area contributed by atoms with Crippen molar-refractivity contribution in [2.24, 2.45) is 0 Å². The predicted octanol–water partition coefficient (Wildman–Crippen LogP) is 3.57. The maximum atomic E-state index is 6.20. The van der Waals surface area contributed by atoms with Gasteiger partial charge in [-0.1, -0.05) is 34.6 Å². The summed E-state index contributed by atoms with van der Waals surface area (Å²) in [4.78, 5) is 0. The molecule has 0 aliphatic rings. The van der Waals surface area contributed by atoms with E-state index in [-0.39, 0.29) is 0 Å². The first-order valence-electron chi connectivity index (χ1n) is 4.36. The second-order valence-electron chi connectivity index (χ2n) is 2.94. The molecule has 0 bridgehead atoms. The van der Waals surface area contributed by atoms with E-state index in [4.69, 9.17) is 27.9 Å². The first-order valence-corrected chi connectivity index (χ1v) is 5.89. The van der Waals surface area contributed by atoms with Gasteiger partial charge in [-0.25, -0.2) is 0 Å². The molecule has 1 aromatic carbocycles. The Morgan fingerprint density at radius 3 is 2.67 bits per heavy atom. The minimum absolute atomic E-state index is 0.545. The van der Waals surface area contributed by atoms with Crippen LogP contribution in [0.4, 0.5) is 0 Å². The van der Waals surface area contributed by atoms with Crippen LogP contribution in [0.2, 0.25) is 10.0 Å². The Morgan fingerprint density at radius 1 is 1.33 bits per heavy atom. The van der Waals surface area contributed by atoms with Crippen molar-refractivity contribution in [2.45, 2.75) is 13.3 Å². The van der Waals surface area contributed by atoms with Gasteiger partial charge in [0.15, 0.2) is 0 Å². The maximum Gasteiger partial charge on any atom is 0.143 e. The Kier molecular flexibility index (Phi) is 3.00. The van der Waals surface area contributed by atoms with Gasteiger partial charge in [0, 0.05) is 5.56 Å². The highest BCUT2D eigenvalue weighted by molar-refractivity contribution is 7.13. The Morgan fingerprint density at radius 2 is 2.07 bits per heavy atom. The van der Waals surface area contributed by atoms with Gasteiger partial charge in [0.05, 0.1) is 16.8 Å². The van der Waals surface area contributed by atoms with Crippen molar-refractivity contribution in [1.29, 1.82) is 0 Å². The van der Waals surface area contributed by atoms with Crippen LogP contribution in [-0.4, -0.2) is 16.7 Å². The molecule has 15 heavy (non-hydrogen) atoms. The maximum absolute atomic E-state index is 6.20. The molecular weight excluding hydrogens is 255 g/mol. The van der Waals surface area contributed by atoms with Crippen LogP contribution in [-0.2, 0) is 6.42 Å². The SMILES string of the molecule is CCc1c(OC)c(Cl)c2snnc2c1Cl. The smallest absolute Gasteiger partial charge is 0.143 e. The largest absolute Gasteiger partial charge is 0.495 e. The topological polar surface area (TPSA) is 35.0 Å². The zero-order valence-electron chi connectivity index (χ0n) is 8.17. The summed E-state index contributed by atoms with van der Waals surface area (Å²) in [6.07, 6.45) is 0.745. The quantitative estimate of drug-likeness (QED) is 0.830.